The molecule has 24 heavy (non-hydrogen) atoms. The molecule has 1 aliphatic heterocycles. The van der Waals surface area contributed by atoms with Crippen LogP contribution in [-0.2, 0) is 4.79 Å². The number of aliphatic imine (C=N–C) groups is 1. The van der Waals surface area contributed by atoms with Crippen LogP contribution in [0.25, 0.3) is 0 Å². The van der Waals surface area contributed by atoms with Gasteiger partial charge in [0.2, 0.25) is 5.91 Å². The van der Waals surface area contributed by atoms with Gasteiger partial charge in [0.15, 0.2) is 5.96 Å². The fraction of sp³-hybridized carbons (Fsp3) is 0.889. The summed E-state index contributed by atoms with van der Waals surface area (Å²) in [5, 5.41) is 6.96. The molecule has 1 aliphatic carbocycles. The first-order chi connectivity index (χ1) is 11.6. The number of guanidine groups is 1. The molecule has 2 N–H and O–H groups in total. The number of nitrogens with one attached hydrogen (secondary N) is 2. The van der Waals surface area contributed by atoms with Crippen molar-refractivity contribution >= 4 is 11.9 Å². The van der Waals surface area contributed by atoms with E-state index in [1.807, 2.05) is 11.9 Å². The highest BCUT2D eigenvalue weighted by Gasteiger charge is 2.31. The molecule has 1 saturated heterocycles. The van der Waals surface area contributed by atoms with Crippen molar-refractivity contribution < 1.29 is 4.79 Å². The molecule has 6 heteroatoms. The van der Waals surface area contributed by atoms with Crippen molar-refractivity contribution in [1.29, 1.82) is 0 Å². The van der Waals surface area contributed by atoms with Gasteiger partial charge in [-0.05, 0) is 24.7 Å². The number of rotatable bonds is 6. The largest absolute Gasteiger partial charge is 0.356 e. The topological polar surface area (TPSA) is 60.0 Å². The average Bonchev–Trinajstić information content (AvgIpc) is 3.08. The SMILES string of the molecule is CCC1(CNC(=NC)NCCN2CCN(C(C)=O)CC2)CCCC1. The molecule has 0 aromatic heterocycles. The van der Waals surface area contributed by atoms with Crippen LogP contribution in [-0.4, -0.2) is 74.5 Å². The number of carbonyl (C=O) groups excluding carboxylic acids is 1. The van der Waals surface area contributed by atoms with Crippen molar-refractivity contribution in [1.82, 2.24) is 20.4 Å². The lowest BCUT2D eigenvalue weighted by atomic mass is 9.83. The Bertz CT molecular complexity index is 423. The number of hydrogen-bond acceptors (Lipinski definition) is 3. The van der Waals surface area contributed by atoms with E-state index >= 15 is 0 Å². The van der Waals surface area contributed by atoms with Gasteiger partial charge in [0, 0.05) is 59.8 Å². The van der Waals surface area contributed by atoms with E-state index in [-0.39, 0.29) is 5.91 Å². The predicted molar refractivity (Wildman–Crippen MR) is 99.3 cm³/mol. The number of nitrogens with zero attached hydrogens (tertiary/aromatic N) is 3. The summed E-state index contributed by atoms with van der Waals surface area (Å²) in [5.41, 5.74) is 0.473. The zero-order valence-corrected chi connectivity index (χ0v) is 15.7. The lowest BCUT2D eigenvalue weighted by molar-refractivity contribution is -0.130. The van der Waals surface area contributed by atoms with Crippen molar-refractivity contribution in [3.8, 4) is 0 Å². The van der Waals surface area contributed by atoms with Crippen LogP contribution in [0.4, 0.5) is 0 Å². The molecule has 0 unspecified atom stereocenters. The summed E-state index contributed by atoms with van der Waals surface area (Å²) < 4.78 is 0. The quantitative estimate of drug-likeness (QED) is 0.566. The summed E-state index contributed by atoms with van der Waals surface area (Å²) in [7, 11) is 1.84. The van der Waals surface area contributed by atoms with Gasteiger partial charge in [-0.1, -0.05) is 19.8 Å². The summed E-state index contributed by atoms with van der Waals surface area (Å²) >= 11 is 0. The van der Waals surface area contributed by atoms with Gasteiger partial charge in [0.1, 0.15) is 0 Å². The number of piperazine rings is 1. The molecular weight excluding hydrogens is 302 g/mol. The maximum absolute atomic E-state index is 11.4. The highest BCUT2D eigenvalue weighted by atomic mass is 16.2. The molecule has 1 amide bonds. The molecule has 2 aliphatic rings. The number of carbonyl (C=O) groups is 1. The highest BCUT2D eigenvalue weighted by molar-refractivity contribution is 5.79. The van der Waals surface area contributed by atoms with Crippen molar-refractivity contribution in [2.24, 2.45) is 10.4 Å². The number of hydrogen-bond donors (Lipinski definition) is 2. The van der Waals surface area contributed by atoms with Crippen molar-refractivity contribution in [3.63, 3.8) is 0 Å². The van der Waals surface area contributed by atoms with Crippen molar-refractivity contribution in [3.05, 3.63) is 0 Å². The van der Waals surface area contributed by atoms with Crippen LogP contribution in [0.1, 0.15) is 46.0 Å². The third kappa shape index (κ3) is 5.36. The van der Waals surface area contributed by atoms with E-state index < -0.39 is 0 Å². The summed E-state index contributed by atoms with van der Waals surface area (Å²) in [5.74, 6) is 1.10. The fourth-order valence-corrected chi connectivity index (χ4v) is 3.89. The minimum atomic E-state index is 0.189. The smallest absolute Gasteiger partial charge is 0.219 e. The molecule has 2 fully saturated rings. The molecule has 1 heterocycles. The van der Waals surface area contributed by atoms with Crippen LogP contribution in [0.2, 0.25) is 0 Å². The van der Waals surface area contributed by atoms with Gasteiger partial charge in [0.05, 0.1) is 0 Å². The lowest BCUT2D eigenvalue weighted by Gasteiger charge is -2.34. The fourth-order valence-electron chi connectivity index (χ4n) is 3.89. The van der Waals surface area contributed by atoms with Gasteiger partial charge >= 0.3 is 0 Å². The zero-order chi connectivity index (χ0) is 17.4. The van der Waals surface area contributed by atoms with E-state index in [9.17, 15) is 4.79 Å². The van der Waals surface area contributed by atoms with Gasteiger partial charge in [0.25, 0.3) is 0 Å². The molecule has 1 saturated carbocycles. The predicted octanol–water partition coefficient (Wildman–Crippen LogP) is 1.29. The molecule has 0 radical (unpaired) electrons. The third-order valence-corrected chi connectivity index (χ3v) is 5.81. The third-order valence-electron chi connectivity index (χ3n) is 5.81. The van der Waals surface area contributed by atoms with E-state index in [4.69, 9.17) is 0 Å². The molecule has 138 valence electrons. The van der Waals surface area contributed by atoms with E-state index in [0.717, 1.165) is 51.8 Å². The molecule has 6 nitrogen and oxygen atoms in total. The minimum absolute atomic E-state index is 0.189. The van der Waals surface area contributed by atoms with E-state index in [1.54, 1.807) is 6.92 Å². The average molecular weight is 338 g/mol. The zero-order valence-electron chi connectivity index (χ0n) is 15.7. The molecule has 2 rings (SSSR count). The second-order valence-corrected chi connectivity index (χ2v) is 7.26. The van der Waals surface area contributed by atoms with Crippen LogP contribution in [0.3, 0.4) is 0 Å². The Kier molecular flexibility index (Phi) is 7.34. The van der Waals surface area contributed by atoms with E-state index in [2.05, 4.69) is 27.4 Å². The summed E-state index contributed by atoms with van der Waals surface area (Å²) in [6, 6.07) is 0. The summed E-state index contributed by atoms with van der Waals surface area (Å²) in [4.78, 5) is 20.0. The molecule has 0 atom stereocenters. The first kappa shape index (κ1) is 19.0. The van der Waals surface area contributed by atoms with Crippen molar-refractivity contribution in [2.45, 2.75) is 46.0 Å². The Morgan fingerprint density at radius 1 is 1.12 bits per heavy atom. The Morgan fingerprint density at radius 2 is 1.79 bits per heavy atom. The summed E-state index contributed by atoms with van der Waals surface area (Å²) in [6.07, 6.45) is 6.67. The van der Waals surface area contributed by atoms with Crippen LogP contribution in [0, 0.1) is 5.41 Å². The Hall–Kier alpha value is -1.30. The van der Waals surface area contributed by atoms with Gasteiger partial charge < -0.3 is 15.5 Å². The van der Waals surface area contributed by atoms with E-state index in [0.29, 0.717) is 5.41 Å². The normalized spacial score (nSPS) is 21.8. The van der Waals surface area contributed by atoms with Crippen LogP contribution in [0.15, 0.2) is 4.99 Å². The van der Waals surface area contributed by atoms with Gasteiger partial charge in [-0.15, -0.1) is 0 Å². The van der Waals surface area contributed by atoms with Crippen LogP contribution < -0.4 is 10.6 Å². The second kappa shape index (κ2) is 9.25. The van der Waals surface area contributed by atoms with Crippen LogP contribution in [0.5, 0.6) is 0 Å². The molecule has 0 bridgehead atoms. The lowest BCUT2D eigenvalue weighted by Crippen LogP contribution is -2.50. The first-order valence-electron chi connectivity index (χ1n) is 9.51. The Balaban J connectivity index is 1.64. The van der Waals surface area contributed by atoms with E-state index in [1.165, 1.54) is 32.1 Å². The Morgan fingerprint density at radius 3 is 2.33 bits per heavy atom. The standard InChI is InChI=1S/C18H35N5O/c1-4-18(7-5-6-8-18)15-21-17(19-3)20-9-10-22-11-13-23(14-12-22)16(2)24/h4-15H2,1-3H3,(H2,19,20,21). The monoisotopic (exact) mass is 337 g/mol. The highest BCUT2D eigenvalue weighted by Crippen LogP contribution is 2.40. The minimum Gasteiger partial charge on any atom is -0.356 e. The molecular formula is C18H35N5O. The Labute approximate surface area is 147 Å². The summed E-state index contributed by atoms with van der Waals surface area (Å²) in [6.45, 7) is 10.5. The van der Waals surface area contributed by atoms with Gasteiger partial charge in [-0.2, -0.15) is 0 Å². The number of amides is 1. The van der Waals surface area contributed by atoms with Gasteiger partial charge in [-0.3, -0.25) is 14.7 Å². The van der Waals surface area contributed by atoms with Crippen molar-refractivity contribution in [2.75, 3.05) is 52.9 Å². The first-order valence-corrected chi connectivity index (χ1v) is 9.51. The molecule has 0 aromatic carbocycles. The molecule has 0 aromatic rings. The maximum Gasteiger partial charge on any atom is 0.219 e. The van der Waals surface area contributed by atoms with Gasteiger partial charge in [-0.25, -0.2) is 0 Å². The second-order valence-electron chi connectivity index (χ2n) is 7.26. The maximum atomic E-state index is 11.4. The molecule has 0 spiro atoms. The van der Waals surface area contributed by atoms with Crippen LogP contribution >= 0.6 is 0 Å².